The minimum Gasteiger partial charge on any atom is -0.444 e. The van der Waals surface area contributed by atoms with Gasteiger partial charge in [0.15, 0.2) is 0 Å². The summed E-state index contributed by atoms with van der Waals surface area (Å²) in [7, 11) is 0. The molecule has 0 spiro atoms. The molecule has 0 aliphatic rings. The molecule has 20 heavy (non-hydrogen) atoms. The standard InChI is InChI=1S/C15H27N3O2/c1-7-12(17-14(19)20-15(4,5)6)13-8-16-10-18(13)9-11(2)3/h8,10-12H,7,9H2,1-6H3,(H,17,19)/t12-/m1/s1. The lowest BCUT2D eigenvalue weighted by Gasteiger charge is -2.24. The smallest absolute Gasteiger partial charge is 0.408 e. The third-order valence-electron chi connectivity index (χ3n) is 2.76. The first-order valence-electron chi connectivity index (χ1n) is 7.22. The van der Waals surface area contributed by atoms with Crippen LogP contribution in [0.25, 0.3) is 0 Å². The summed E-state index contributed by atoms with van der Waals surface area (Å²) >= 11 is 0. The maximum atomic E-state index is 11.9. The minimum atomic E-state index is -0.486. The van der Waals surface area contributed by atoms with Crippen molar-refractivity contribution in [3.8, 4) is 0 Å². The van der Waals surface area contributed by atoms with E-state index in [2.05, 4.69) is 28.7 Å². The molecule has 1 N–H and O–H groups in total. The molecule has 0 fully saturated rings. The quantitative estimate of drug-likeness (QED) is 0.898. The van der Waals surface area contributed by atoms with E-state index in [0.29, 0.717) is 5.92 Å². The second kappa shape index (κ2) is 6.77. The van der Waals surface area contributed by atoms with Gasteiger partial charge in [-0.25, -0.2) is 9.78 Å². The first kappa shape index (κ1) is 16.5. The fourth-order valence-corrected chi connectivity index (χ4v) is 2.00. The molecule has 0 aromatic carbocycles. The first-order chi connectivity index (χ1) is 9.23. The lowest BCUT2D eigenvalue weighted by atomic mass is 10.1. The molecule has 1 heterocycles. The number of alkyl carbamates (subject to hydrolysis) is 1. The van der Waals surface area contributed by atoms with Gasteiger partial charge in [-0.1, -0.05) is 20.8 Å². The first-order valence-corrected chi connectivity index (χ1v) is 7.22. The molecule has 5 nitrogen and oxygen atoms in total. The Labute approximate surface area is 121 Å². The third kappa shape index (κ3) is 5.23. The number of hydrogen-bond acceptors (Lipinski definition) is 3. The second-order valence-corrected chi connectivity index (χ2v) is 6.47. The molecule has 1 atom stereocenters. The molecular formula is C15H27N3O2. The van der Waals surface area contributed by atoms with Crippen LogP contribution in [-0.4, -0.2) is 21.2 Å². The van der Waals surface area contributed by atoms with E-state index in [0.717, 1.165) is 18.7 Å². The van der Waals surface area contributed by atoms with E-state index < -0.39 is 5.60 Å². The van der Waals surface area contributed by atoms with Gasteiger partial charge in [-0.2, -0.15) is 0 Å². The van der Waals surface area contributed by atoms with E-state index in [4.69, 9.17) is 4.74 Å². The molecule has 0 unspecified atom stereocenters. The summed E-state index contributed by atoms with van der Waals surface area (Å²) in [4.78, 5) is 16.1. The third-order valence-corrected chi connectivity index (χ3v) is 2.76. The Kier molecular flexibility index (Phi) is 5.60. The van der Waals surface area contributed by atoms with Crippen molar-refractivity contribution in [3.05, 3.63) is 18.2 Å². The lowest BCUT2D eigenvalue weighted by Crippen LogP contribution is -2.35. The molecule has 0 aliphatic heterocycles. The van der Waals surface area contributed by atoms with Crippen LogP contribution in [0.3, 0.4) is 0 Å². The Morgan fingerprint density at radius 1 is 1.45 bits per heavy atom. The Morgan fingerprint density at radius 3 is 2.60 bits per heavy atom. The predicted molar refractivity (Wildman–Crippen MR) is 79.5 cm³/mol. The number of nitrogens with one attached hydrogen (secondary N) is 1. The van der Waals surface area contributed by atoms with Gasteiger partial charge in [0.1, 0.15) is 5.60 Å². The molecular weight excluding hydrogens is 254 g/mol. The minimum absolute atomic E-state index is 0.0777. The van der Waals surface area contributed by atoms with Gasteiger partial charge < -0.3 is 14.6 Å². The zero-order chi connectivity index (χ0) is 15.3. The topological polar surface area (TPSA) is 56.1 Å². The van der Waals surface area contributed by atoms with Crippen LogP contribution in [0.1, 0.15) is 59.7 Å². The van der Waals surface area contributed by atoms with Crippen molar-refractivity contribution in [3.63, 3.8) is 0 Å². The zero-order valence-electron chi connectivity index (χ0n) is 13.4. The van der Waals surface area contributed by atoms with Crippen molar-refractivity contribution < 1.29 is 9.53 Å². The van der Waals surface area contributed by atoms with Crippen molar-refractivity contribution in [2.75, 3.05) is 0 Å². The molecule has 1 aromatic rings. The number of aromatic nitrogens is 2. The largest absolute Gasteiger partial charge is 0.444 e. The van der Waals surface area contributed by atoms with E-state index in [9.17, 15) is 4.79 Å². The number of hydrogen-bond donors (Lipinski definition) is 1. The molecule has 0 bridgehead atoms. The van der Waals surface area contributed by atoms with Gasteiger partial charge in [0.25, 0.3) is 0 Å². The molecule has 1 amide bonds. The molecule has 0 saturated carbocycles. The van der Waals surface area contributed by atoms with Crippen LogP contribution in [0.2, 0.25) is 0 Å². The average molecular weight is 281 g/mol. The fraction of sp³-hybridized carbons (Fsp3) is 0.733. The average Bonchev–Trinajstić information content (AvgIpc) is 2.70. The van der Waals surface area contributed by atoms with Crippen LogP contribution in [0, 0.1) is 5.92 Å². The van der Waals surface area contributed by atoms with Gasteiger partial charge in [0, 0.05) is 6.54 Å². The van der Waals surface area contributed by atoms with Gasteiger partial charge in [0.05, 0.1) is 24.3 Å². The van der Waals surface area contributed by atoms with Gasteiger partial charge in [0.2, 0.25) is 0 Å². The van der Waals surface area contributed by atoms with E-state index >= 15 is 0 Å². The highest BCUT2D eigenvalue weighted by Gasteiger charge is 2.21. The summed E-state index contributed by atoms with van der Waals surface area (Å²) in [6, 6.07) is -0.0777. The number of nitrogens with zero attached hydrogens (tertiary/aromatic N) is 2. The molecule has 114 valence electrons. The van der Waals surface area contributed by atoms with Gasteiger partial charge >= 0.3 is 6.09 Å². The Balaban J connectivity index is 2.76. The monoisotopic (exact) mass is 281 g/mol. The number of amides is 1. The molecule has 0 saturated heterocycles. The highest BCUT2D eigenvalue weighted by Crippen LogP contribution is 2.18. The summed E-state index contributed by atoms with van der Waals surface area (Å²) in [6.07, 6.45) is 4.03. The van der Waals surface area contributed by atoms with Crippen molar-refractivity contribution >= 4 is 6.09 Å². The second-order valence-electron chi connectivity index (χ2n) is 6.47. The number of carbonyl (C=O) groups excluding carboxylic acids is 1. The molecule has 1 aromatic heterocycles. The van der Waals surface area contributed by atoms with E-state index in [1.807, 2.05) is 40.2 Å². The van der Waals surface area contributed by atoms with Crippen LogP contribution >= 0.6 is 0 Å². The maximum absolute atomic E-state index is 11.9. The van der Waals surface area contributed by atoms with Crippen LogP contribution in [-0.2, 0) is 11.3 Å². The molecule has 5 heteroatoms. The van der Waals surface area contributed by atoms with Gasteiger partial charge in [-0.05, 0) is 33.1 Å². The number of rotatable bonds is 5. The molecule has 0 radical (unpaired) electrons. The Hall–Kier alpha value is -1.52. The Morgan fingerprint density at radius 2 is 2.10 bits per heavy atom. The maximum Gasteiger partial charge on any atom is 0.408 e. The SMILES string of the molecule is CC[C@@H](NC(=O)OC(C)(C)C)c1cncn1CC(C)C. The van der Waals surface area contributed by atoms with Crippen LogP contribution in [0.15, 0.2) is 12.5 Å². The summed E-state index contributed by atoms with van der Waals surface area (Å²) < 4.78 is 7.40. The summed E-state index contributed by atoms with van der Waals surface area (Å²) in [6.45, 7) is 12.8. The Bertz CT molecular complexity index is 433. The van der Waals surface area contributed by atoms with Gasteiger partial charge in [-0.3, -0.25) is 0 Å². The van der Waals surface area contributed by atoms with E-state index in [1.165, 1.54) is 0 Å². The zero-order valence-corrected chi connectivity index (χ0v) is 13.4. The van der Waals surface area contributed by atoms with Gasteiger partial charge in [-0.15, -0.1) is 0 Å². The summed E-state index contributed by atoms with van der Waals surface area (Å²) in [5.74, 6) is 0.530. The molecule has 1 rings (SSSR count). The van der Waals surface area contributed by atoms with Crippen LogP contribution in [0.4, 0.5) is 4.79 Å². The van der Waals surface area contributed by atoms with E-state index in [1.54, 1.807) is 0 Å². The van der Waals surface area contributed by atoms with Crippen molar-refractivity contribution in [1.82, 2.24) is 14.9 Å². The fourth-order valence-electron chi connectivity index (χ4n) is 2.00. The summed E-state index contributed by atoms with van der Waals surface area (Å²) in [5, 5.41) is 2.92. The predicted octanol–water partition coefficient (Wildman–Crippen LogP) is 3.51. The van der Waals surface area contributed by atoms with Crippen LogP contribution < -0.4 is 5.32 Å². The van der Waals surface area contributed by atoms with E-state index in [-0.39, 0.29) is 12.1 Å². The number of carbonyl (C=O) groups is 1. The molecule has 0 aliphatic carbocycles. The number of ether oxygens (including phenoxy) is 1. The van der Waals surface area contributed by atoms with Crippen LogP contribution in [0.5, 0.6) is 0 Å². The highest BCUT2D eigenvalue weighted by atomic mass is 16.6. The van der Waals surface area contributed by atoms with Crippen molar-refractivity contribution in [2.45, 2.75) is 66.2 Å². The van der Waals surface area contributed by atoms with Crippen molar-refractivity contribution in [1.29, 1.82) is 0 Å². The summed E-state index contributed by atoms with van der Waals surface area (Å²) in [5.41, 5.74) is 0.535. The van der Waals surface area contributed by atoms with Crippen molar-refractivity contribution in [2.24, 2.45) is 5.92 Å². The highest BCUT2D eigenvalue weighted by molar-refractivity contribution is 5.68. The normalized spacial score (nSPS) is 13.3. The number of imidazole rings is 1. The lowest BCUT2D eigenvalue weighted by molar-refractivity contribution is 0.0500.